The number of carbonyl (C=O) groups is 2. The number of hydrogen-bond acceptors (Lipinski definition) is 4. The van der Waals surface area contributed by atoms with Gasteiger partial charge in [-0.1, -0.05) is 12.1 Å². The molecule has 1 aliphatic heterocycles. The van der Waals surface area contributed by atoms with Crippen molar-refractivity contribution in [1.82, 2.24) is 0 Å². The minimum atomic E-state index is -0.129. The molecule has 0 bridgehead atoms. The summed E-state index contributed by atoms with van der Waals surface area (Å²) in [5, 5.41) is 9.71. The summed E-state index contributed by atoms with van der Waals surface area (Å²) in [6.07, 6.45) is 4.62. The van der Waals surface area contributed by atoms with Crippen molar-refractivity contribution in [3.8, 4) is 11.5 Å². The number of ether oxygens (including phenoxy) is 1. The number of allylic oxidation sites excluding steroid dienone is 1. The van der Waals surface area contributed by atoms with Crippen LogP contribution in [-0.2, 0) is 4.79 Å². The molecular weight excluding hydrogens is 330 g/mol. The lowest BCUT2D eigenvalue weighted by molar-refractivity contribution is -0.117. The van der Waals surface area contributed by atoms with E-state index >= 15 is 0 Å². The van der Waals surface area contributed by atoms with Gasteiger partial charge in [-0.05, 0) is 61.4 Å². The first-order valence-electron chi connectivity index (χ1n) is 8.67. The molecule has 0 aliphatic carbocycles. The molecule has 1 N–H and O–H groups in total. The summed E-state index contributed by atoms with van der Waals surface area (Å²) in [6.45, 7) is 3.02. The maximum atomic E-state index is 12.3. The van der Waals surface area contributed by atoms with E-state index in [9.17, 15) is 14.7 Å². The lowest BCUT2D eigenvalue weighted by Gasteiger charge is -2.15. The van der Waals surface area contributed by atoms with Crippen molar-refractivity contribution in [2.45, 2.75) is 19.8 Å². The molecule has 3 rings (SSSR count). The zero-order chi connectivity index (χ0) is 18.5. The summed E-state index contributed by atoms with van der Waals surface area (Å²) in [6, 6.07) is 12.0. The van der Waals surface area contributed by atoms with Gasteiger partial charge in [-0.2, -0.15) is 0 Å². The van der Waals surface area contributed by atoms with Crippen LogP contribution in [0.25, 0.3) is 6.08 Å². The topological polar surface area (TPSA) is 66.8 Å². The van der Waals surface area contributed by atoms with Crippen LogP contribution in [0.1, 0.15) is 35.7 Å². The molecule has 1 aliphatic rings. The van der Waals surface area contributed by atoms with Crippen molar-refractivity contribution < 1.29 is 19.4 Å². The van der Waals surface area contributed by atoms with Crippen molar-refractivity contribution >= 4 is 23.5 Å². The fourth-order valence-corrected chi connectivity index (χ4v) is 2.90. The minimum Gasteiger partial charge on any atom is -0.504 e. The minimum absolute atomic E-state index is 0.0716. The Morgan fingerprint density at radius 1 is 1.23 bits per heavy atom. The SMILES string of the molecule is CCOc1cc(/C=C/C(=O)c2ccc(N3CCCC3=O)cc2)ccc1O. The van der Waals surface area contributed by atoms with E-state index in [1.165, 1.54) is 12.1 Å². The van der Waals surface area contributed by atoms with E-state index in [-0.39, 0.29) is 17.4 Å². The Bertz CT molecular complexity index is 840. The molecule has 5 nitrogen and oxygen atoms in total. The van der Waals surface area contributed by atoms with Crippen LogP contribution in [0.3, 0.4) is 0 Å². The second-order valence-electron chi connectivity index (χ2n) is 6.05. The Balaban J connectivity index is 1.70. The largest absolute Gasteiger partial charge is 0.504 e. The smallest absolute Gasteiger partial charge is 0.227 e. The molecule has 0 spiro atoms. The first kappa shape index (κ1) is 17.7. The molecule has 2 aromatic rings. The number of benzene rings is 2. The Kier molecular flexibility index (Phi) is 5.37. The third-order valence-corrected chi connectivity index (χ3v) is 4.25. The molecule has 1 saturated heterocycles. The van der Waals surface area contributed by atoms with E-state index < -0.39 is 0 Å². The molecule has 5 heteroatoms. The Labute approximate surface area is 152 Å². The van der Waals surface area contributed by atoms with Gasteiger partial charge in [0.1, 0.15) is 0 Å². The molecule has 1 heterocycles. The predicted octanol–water partition coefficient (Wildman–Crippen LogP) is 3.81. The summed E-state index contributed by atoms with van der Waals surface area (Å²) >= 11 is 0. The number of hydrogen-bond donors (Lipinski definition) is 1. The van der Waals surface area contributed by atoms with Crippen LogP contribution < -0.4 is 9.64 Å². The van der Waals surface area contributed by atoms with Gasteiger partial charge in [0.2, 0.25) is 5.91 Å². The Morgan fingerprint density at radius 3 is 2.65 bits per heavy atom. The van der Waals surface area contributed by atoms with Gasteiger partial charge in [0.25, 0.3) is 0 Å². The van der Waals surface area contributed by atoms with Gasteiger partial charge in [0.15, 0.2) is 17.3 Å². The van der Waals surface area contributed by atoms with Crippen LogP contribution in [0.5, 0.6) is 11.5 Å². The van der Waals surface area contributed by atoms with Crippen LogP contribution in [0.4, 0.5) is 5.69 Å². The van der Waals surface area contributed by atoms with Crippen molar-refractivity contribution in [2.75, 3.05) is 18.1 Å². The highest BCUT2D eigenvalue weighted by Crippen LogP contribution is 2.27. The van der Waals surface area contributed by atoms with Gasteiger partial charge >= 0.3 is 0 Å². The molecule has 0 atom stereocenters. The van der Waals surface area contributed by atoms with Crippen molar-refractivity contribution in [1.29, 1.82) is 0 Å². The average Bonchev–Trinajstić information content (AvgIpc) is 3.08. The molecule has 134 valence electrons. The maximum Gasteiger partial charge on any atom is 0.227 e. The van der Waals surface area contributed by atoms with Gasteiger partial charge in [-0.3, -0.25) is 9.59 Å². The molecule has 0 saturated carbocycles. The van der Waals surface area contributed by atoms with Gasteiger partial charge in [-0.25, -0.2) is 0 Å². The number of phenolic OH excluding ortho intramolecular Hbond substituents is 1. The van der Waals surface area contributed by atoms with Gasteiger partial charge in [-0.15, -0.1) is 0 Å². The van der Waals surface area contributed by atoms with Gasteiger partial charge in [0, 0.05) is 24.2 Å². The summed E-state index contributed by atoms with van der Waals surface area (Å²) < 4.78 is 5.34. The van der Waals surface area contributed by atoms with E-state index in [1.54, 1.807) is 47.4 Å². The van der Waals surface area contributed by atoms with Crippen LogP contribution in [0, 0.1) is 0 Å². The Morgan fingerprint density at radius 2 is 2.00 bits per heavy atom. The third-order valence-electron chi connectivity index (χ3n) is 4.25. The quantitative estimate of drug-likeness (QED) is 0.635. The van der Waals surface area contributed by atoms with Crippen LogP contribution in [-0.4, -0.2) is 29.9 Å². The van der Waals surface area contributed by atoms with E-state index in [2.05, 4.69) is 0 Å². The highest BCUT2D eigenvalue weighted by molar-refractivity contribution is 6.07. The molecule has 0 radical (unpaired) electrons. The maximum absolute atomic E-state index is 12.3. The average molecular weight is 351 g/mol. The second-order valence-corrected chi connectivity index (χ2v) is 6.05. The molecule has 2 aromatic carbocycles. The molecule has 1 fully saturated rings. The van der Waals surface area contributed by atoms with E-state index in [0.717, 1.165) is 24.2 Å². The number of ketones is 1. The first-order valence-corrected chi connectivity index (χ1v) is 8.67. The first-order chi connectivity index (χ1) is 12.6. The zero-order valence-corrected chi connectivity index (χ0v) is 14.6. The normalized spacial score (nSPS) is 14.2. The van der Waals surface area contributed by atoms with Crippen molar-refractivity contribution in [3.63, 3.8) is 0 Å². The number of phenols is 1. The molecular formula is C21H21NO4. The predicted molar refractivity (Wildman–Crippen MR) is 101 cm³/mol. The van der Waals surface area contributed by atoms with Crippen molar-refractivity contribution in [2.24, 2.45) is 0 Å². The van der Waals surface area contributed by atoms with Crippen LogP contribution in [0.15, 0.2) is 48.5 Å². The molecule has 0 unspecified atom stereocenters. The number of amides is 1. The van der Waals surface area contributed by atoms with Gasteiger partial charge < -0.3 is 14.7 Å². The van der Waals surface area contributed by atoms with Crippen LogP contribution >= 0.6 is 0 Å². The standard InChI is InChI=1S/C21H21NO4/c1-2-26-20-14-15(6-12-19(20)24)5-11-18(23)16-7-9-17(10-8-16)22-13-3-4-21(22)25/h5-12,14,24H,2-4,13H2,1H3/b11-5+. The second kappa shape index (κ2) is 7.87. The van der Waals surface area contributed by atoms with E-state index in [4.69, 9.17) is 4.74 Å². The fourth-order valence-electron chi connectivity index (χ4n) is 2.90. The lowest BCUT2D eigenvalue weighted by Crippen LogP contribution is -2.23. The number of aromatic hydroxyl groups is 1. The highest BCUT2D eigenvalue weighted by atomic mass is 16.5. The number of rotatable bonds is 6. The van der Waals surface area contributed by atoms with Crippen molar-refractivity contribution in [3.05, 3.63) is 59.7 Å². The lowest BCUT2D eigenvalue weighted by atomic mass is 10.1. The van der Waals surface area contributed by atoms with Crippen LogP contribution in [0.2, 0.25) is 0 Å². The number of anilines is 1. The summed E-state index contributed by atoms with van der Waals surface area (Å²) in [5.74, 6) is 0.459. The Hall–Kier alpha value is -3.08. The monoisotopic (exact) mass is 351 g/mol. The molecule has 26 heavy (non-hydrogen) atoms. The highest BCUT2D eigenvalue weighted by Gasteiger charge is 2.21. The van der Waals surface area contributed by atoms with Gasteiger partial charge in [0.05, 0.1) is 6.61 Å². The summed E-state index contributed by atoms with van der Waals surface area (Å²) in [7, 11) is 0. The summed E-state index contributed by atoms with van der Waals surface area (Å²) in [5.41, 5.74) is 2.15. The van der Waals surface area contributed by atoms with E-state index in [0.29, 0.717) is 24.3 Å². The summed E-state index contributed by atoms with van der Waals surface area (Å²) in [4.78, 5) is 25.9. The fraction of sp³-hybridized carbons (Fsp3) is 0.238. The number of carbonyl (C=O) groups excluding carboxylic acids is 2. The van der Waals surface area contributed by atoms with E-state index in [1.807, 2.05) is 6.92 Å². The number of nitrogens with zero attached hydrogens (tertiary/aromatic N) is 1. The third kappa shape index (κ3) is 3.94. The molecule has 1 amide bonds. The molecule has 0 aromatic heterocycles. The zero-order valence-electron chi connectivity index (χ0n) is 14.6.